The number of methoxy groups -OCH3 is 1. The highest BCUT2D eigenvalue weighted by Crippen LogP contribution is 2.19. The Morgan fingerprint density at radius 3 is 2.60 bits per heavy atom. The SMILES string of the molecule is CNS(=O)(=O)c1ccccc1NCCN(C)CCOC. The molecule has 114 valence electrons. The highest BCUT2D eigenvalue weighted by Gasteiger charge is 2.15. The predicted octanol–water partition coefficient (Wildman–Crippen LogP) is 0.585. The molecule has 6 nitrogen and oxygen atoms in total. The van der Waals surface area contributed by atoms with Crippen LogP contribution < -0.4 is 10.0 Å². The van der Waals surface area contributed by atoms with Crippen LogP contribution in [-0.2, 0) is 14.8 Å². The minimum absolute atomic E-state index is 0.266. The lowest BCUT2D eigenvalue weighted by molar-refractivity contribution is 0.163. The number of anilines is 1. The van der Waals surface area contributed by atoms with Crippen molar-refractivity contribution in [2.75, 3.05) is 52.8 Å². The molecule has 0 aromatic heterocycles. The number of ether oxygens (including phenoxy) is 1. The molecular weight excluding hydrogens is 278 g/mol. The molecule has 0 atom stereocenters. The van der Waals surface area contributed by atoms with Crippen LogP contribution in [0.15, 0.2) is 29.2 Å². The zero-order valence-corrected chi connectivity index (χ0v) is 13.0. The van der Waals surface area contributed by atoms with Crippen molar-refractivity contribution in [3.8, 4) is 0 Å². The maximum Gasteiger partial charge on any atom is 0.242 e. The van der Waals surface area contributed by atoms with E-state index >= 15 is 0 Å². The van der Waals surface area contributed by atoms with Gasteiger partial charge in [0.05, 0.1) is 12.3 Å². The quantitative estimate of drug-likeness (QED) is 0.698. The highest BCUT2D eigenvalue weighted by atomic mass is 32.2. The molecule has 0 bridgehead atoms. The van der Waals surface area contributed by atoms with Crippen molar-refractivity contribution >= 4 is 15.7 Å². The highest BCUT2D eigenvalue weighted by molar-refractivity contribution is 7.89. The van der Waals surface area contributed by atoms with Crippen LogP contribution in [0, 0.1) is 0 Å². The molecule has 20 heavy (non-hydrogen) atoms. The summed E-state index contributed by atoms with van der Waals surface area (Å²) in [7, 11) is 1.64. The molecule has 1 aromatic carbocycles. The fourth-order valence-corrected chi connectivity index (χ4v) is 2.60. The number of hydrogen-bond donors (Lipinski definition) is 2. The first-order valence-electron chi connectivity index (χ1n) is 6.45. The van der Waals surface area contributed by atoms with E-state index in [0.29, 0.717) is 18.8 Å². The van der Waals surface area contributed by atoms with Gasteiger partial charge in [-0.2, -0.15) is 0 Å². The number of rotatable bonds is 9. The largest absolute Gasteiger partial charge is 0.383 e. The topological polar surface area (TPSA) is 70.7 Å². The van der Waals surface area contributed by atoms with Gasteiger partial charge in [0, 0.05) is 26.7 Å². The van der Waals surface area contributed by atoms with Crippen LogP contribution in [-0.4, -0.2) is 60.8 Å². The Hall–Kier alpha value is -1.15. The maximum absolute atomic E-state index is 11.9. The second-order valence-electron chi connectivity index (χ2n) is 4.43. The number of likely N-dealkylation sites (N-methyl/N-ethyl adjacent to an activating group) is 1. The lowest BCUT2D eigenvalue weighted by atomic mass is 10.3. The van der Waals surface area contributed by atoms with Crippen molar-refractivity contribution in [3.05, 3.63) is 24.3 Å². The molecule has 0 spiro atoms. The van der Waals surface area contributed by atoms with E-state index in [4.69, 9.17) is 4.74 Å². The van der Waals surface area contributed by atoms with Gasteiger partial charge in [0.1, 0.15) is 4.90 Å². The Morgan fingerprint density at radius 1 is 1.25 bits per heavy atom. The summed E-state index contributed by atoms with van der Waals surface area (Å²) >= 11 is 0. The smallest absolute Gasteiger partial charge is 0.242 e. The lowest BCUT2D eigenvalue weighted by Gasteiger charge is -2.17. The molecule has 0 aliphatic heterocycles. The number of hydrogen-bond acceptors (Lipinski definition) is 5. The zero-order valence-electron chi connectivity index (χ0n) is 12.2. The summed E-state index contributed by atoms with van der Waals surface area (Å²) in [6.45, 7) is 2.99. The molecule has 1 rings (SSSR count). The Kier molecular flexibility index (Phi) is 6.94. The van der Waals surface area contributed by atoms with Gasteiger partial charge in [-0.1, -0.05) is 12.1 Å². The maximum atomic E-state index is 11.9. The normalized spacial score (nSPS) is 11.8. The molecular formula is C13H23N3O3S. The van der Waals surface area contributed by atoms with E-state index in [-0.39, 0.29) is 4.90 Å². The van der Waals surface area contributed by atoms with Crippen LogP contribution in [0.5, 0.6) is 0 Å². The Balaban J connectivity index is 2.61. The molecule has 0 fully saturated rings. The van der Waals surface area contributed by atoms with Gasteiger partial charge >= 0.3 is 0 Å². The first kappa shape index (κ1) is 16.9. The van der Waals surface area contributed by atoms with Crippen molar-refractivity contribution in [2.45, 2.75) is 4.90 Å². The average Bonchev–Trinajstić information content (AvgIpc) is 2.45. The van der Waals surface area contributed by atoms with Crippen LogP contribution >= 0.6 is 0 Å². The van der Waals surface area contributed by atoms with E-state index in [2.05, 4.69) is 14.9 Å². The van der Waals surface area contributed by atoms with E-state index < -0.39 is 10.0 Å². The minimum atomic E-state index is -3.44. The summed E-state index contributed by atoms with van der Waals surface area (Å²) in [5.41, 5.74) is 0.613. The number of benzene rings is 1. The van der Waals surface area contributed by atoms with Gasteiger partial charge in [0.15, 0.2) is 0 Å². The van der Waals surface area contributed by atoms with Gasteiger partial charge < -0.3 is 15.0 Å². The Morgan fingerprint density at radius 2 is 1.95 bits per heavy atom. The molecule has 0 aliphatic carbocycles. The van der Waals surface area contributed by atoms with E-state index in [9.17, 15) is 8.42 Å². The predicted molar refractivity (Wildman–Crippen MR) is 80.6 cm³/mol. The van der Waals surface area contributed by atoms with Gasteiger partial charge in [-0.15, -0.1) is 0 Å². The van der Waals surface area contributed by atoms with Crippen LogP contribution in [0.4, 0.5) is 5.69 Å². The second-order valence-corrected chi connectivity index (χ2v) is 6.28. The standard InChI is InChI=1S/C13H23N3O3S/c1-14-20(17,18)13-7-5-4-6-12(13)15-8-9-16(2)10-11-19-3/h4-7,14-15H,8-11H2,1-3H3. The Bertz CT molecular complexity index is 505. The van der Waals surface area contributed by atoms with E-state index in [1.807, 2.05) is 13.1 Å². The molecule has 0 saturated carbocycles. The zero-order chi connectivity index (χ0) is 15.0. The fraction of sp³-hybridized carbons (Fsp3) is 0.538. The number of nitrogens with one attached hydrogen (secondary N) is 2. The molecule has 7 heteroatoms. The van der Waals surface area contributed by atoms with E-state index in [1.54, 1.807) is 25.3 Å². The summed E-state index contributed by atoms with van der Waals surface area (Å²) in [5.74, 6) is 0. The molecule has 0 radical (unpaired) electrons. The summed E-state index contributed by atoms with van der Waals surface area (Å²) < 4.78 is 31.1. The van der Waals surface area contributed by atoms with Crippen LogP contribution in [0.3, 0.4) is 0 Å². The number of sulfonamides is 1. The Labute approximate surface area is 121 Å². The van der Waals surface area contributed by atoms with Gasteiger partial charge in [-0.05, 0) is 26.2 Å². The molecule has 1 aromatic rings. The van der Waals surface area contributed by atoms with Gasteiger partial charge in [-0.3, -0.25) is 0 Å². The lowest BCUT2D eigenvalue weighted by Crippen LogP contribution is -2.28. The summed E-state index contributed by atoms with van der Waals surface area (Å²) in [6, 6.07) is 6.87. The molecule has 0 unspecified atom stereocenters. The van der Waals surface area contributed by atoms with Crippen molar-refractivity contribution in [2.24, 2.45) is 0 Å². The first-order chi connectivity index (χ1) is 9.51. The number of para-hydroxylation sites is 1. The number of nitrogens with zero attached hydrogens (tertiary/aromatic N) is 1. The third-order valence-electron chi connectivity index (χ3n) is 2.93. The van der Waals surface area contributed by atoms with E-state index in [1.165, 1.54) is 7.05 Å². The van der Waals surface area contributed by atoms with Gasteiger partial charge in [0.2, 0.25) is 10.0 Å². The fourth-order valence-electron chi connectivity index (χ4n) is 1.70. The third kappa shape index (κ3) is 5.09. The van der Waals surface area contributed by atoms with Gasteiger partial charge in [0.25, 0.3) is 0 Å². The molecule has 2 N–H and O–H groups in total. The van der Waals surface area contributed by atoms with Crippen LogP contribution in [0.25, 0.3) is 0 Å². The third-order valence-corrected chi connectivity index (χ3v) is 4.40. The van der Waals surface area contributed by atoms with Crippen molar-refractivity contribution in [1.82, 2.24) is 9.62 Å². The molecule has 0 saturated heterocycles. The summed E-state index contributed by atoms with van der Waals surface area (Å²) in [4.78, 5) is 2.38. The van der Waals surface area contributed by atoms with Crippen molar-refractivity contribution in [3.63, 3.8) is 0 Å². The van der Waals surface area contributed by atoms with Crippen LogP contribution in [0.2, 0.25) is 0 Å². The monoisotopic (exact) mass is 301 g/mol. The van der Waals surface area contributed by atoms with Crippen LogP contribution in [0.1, 0.15) is 0 Å². The van der Waals surface area contributed by atoms with E-state index in [0.717, 1.165) is 13.1 Å². The van der Waals surface area contributed by atoms with Crippen molar-refractivity contribution in [1.29, 1.82) is 0 Å². The summed E-state index contributed by atoms with van der Waals surface area (Å²) in [5, 5.41) is 3.16. The average molecular weight is 301 g/mol. The molecule has 0 aliphatic rings. The first-order valence-corrected chi connectivity index (χ1v) is 7.93. The second kappa shape index (κ2) is 8.21. The summed E-state index contributed by atoms with van der Waals surface area (Å²) in [6.07, 6.45) is 0. The van der Waals surface area contributed by atoms with Crippen molar-refractivity contribution < 1.29 is 13.2 Å². The van der Waals surface area contributed by atoms with Gasteiger partial charge in [-0.25, -0.2) is 13.1 Å². The molecule has 0 heterocycles. The molecule has 0 amide bonds. The minimum Gasteiger partial charge on any atom is -0.383 e.